The van der Waals surface area contributed by atoms with Gasteiger partial charge in [-0.05, 0) is 63.0 Å². The lowest BCUT2D eigenvalue weighted by molar-refractivity contribution is -0.332. The van der Waals surface area contributed by atoms with Crippen molar-refractivity contribution in [3.63, 3.8) is 0 Å². The maximum atomic E-state index is 13.8. The van der Waals surface area contributed by atoms with Crippen LogP contribution < -0.4 is 0 Å². The van der Waals surface area contributed by atoms with Crippen LogP contribution in [0.4, 0.5) is 0 Å². The van der Waals surface area contributed by atoms with E-state index in [1.165, 1.54) is 5.57 Å². The topological polar surface area (TPSA) is 94.5 Å². The molecule has 0 radical (unpaired) electrons. The van der Waals surface area contributed by atoms with Crippen LogP contribution in [0.1, 0.15) is 73.1 Å². The van der Waals surface area contributed by atoms with E-state index in [0.717, 1.165) is 25.7 Å². The number of rotatable bonds is 0. The number of fused-ring (bicyclic) bond motifs is 2. The molecule has 1 spiro atoms. The van der Waals surface area contributed by atoms with Crippen LogP contribution in [0.3, 0.4) is 0 Å². The Bertz CT molecular complexity index is 1040. The van der Waals surface area contributed by atoms with Gasteiger partial charge in [-0.15, -0.1) is 0 Å². The van der Waals surface area contributed by atoms with Crippen molar-refractivity contribution in [2.45, 2.75) is 115 Å². The average molecular weight is 529 g/mol. The van der Waals surface area contributed by atoms with Gasteiger partial charge in [0.25, 0.3) is 0 Å². The van der Waals surface area contributed by atoms with Crippen molar-refractivity contribution in [2.75, 3.05) is 6.61 Å². The number of hydrogen-bond acceptors (Lipinski definition) is 7. The molecule has 0 aromatic rings. The SMILES string of the molecule is CC1=C[C@H]2C(=O)O[C@H]3C[C@@H](C/C=C(\C)C[C@@H](C)C=C/C=C4\CO[C@H]([C@@H]1O)[C@@]42O)O[C@@]1(CC[C@H](C)[C@@H](C)O1)C3. The third-order valence-corrected chi connectivity index (χ3v) is 9.30. The molecule has 4 aliphatic heterocycles. The maximum Gasteiger partial charge on any atom is 0.316 e. The van der Waals surface area contributed by atoms with E-state index in [-0.39, 0.29) is 18.8 Å². The van der Waals surface area contributed by atoms with Crippen LogP contribution in [0.25, 0.3) is 0 Å². The zero-order valence-electron chi connectivity index (χ0n) is 23.4. The maximum absolute atomic E-state index is 13.8. The Morgan fingerprint density at radius 1 is 1.11 bits per heavy atom. The molecule has 1 aliphatic carbocycles. The van der Waals surface area contributed by atoms with Crippen LogP contribution in [-0.2, 0) is 23.7 Å². The molecule has 7 heteroatoms. The molecule has 38 heavy (non-hydrogen) atoms. The molecule has 7 nitrogen and oxygen atoms in total. The van der Waals surface area contributed by atoms with E-state index in [2.05, 4.69) is 39.8 Å². The molecule has 3 saturated heterocycles. The lowest BCUT2D eigenvalue weighted by Gasteiger charge is -2.49. The molecule has 4 heterocycles. The van der Waals surface area contributed by atoms with Gasteiger partial charge < -0.3 is 29.2 Å². The van der Waals surface area contributed by atoms with Gasteiger partial charge in [-0.2, -0.15) is 0 Å². The van der Waals surface area contributed by atoms with E-state index in [4.69, 9.17) is 18.9 Å². The fourth-order valence-electron chi connectivity index (χ4n) is 6.85. The van der Waals surface area contributed by atoms with E-state index >= 15 is 0 Å². The van der Waals surface area contributed by atoms with Crippen LogP contribution in [0, 0.1) is 17.8 Å². The minimum Gasteiger partial charge on any atom is -0.462 e. The highest BCUT2D eigenvalue weighted by Crippen LogP contribution is 2.47. The summed E-state index contributed by atoms with van der Waals surface area (Å²) in [5, 5.41) is 22.8. The summed E-state index contributed by atoms with van der Waals surface area (Å²) >= 11 is 0. The third-order valence-electron chi connectivity index (χ3n) is 9.30. The van der Waals surface area contributed by atoms with Gasteiger partial charge in [0, 0.05) is 19.3 Å². The summed E-state index contributed by atoms with van der Waals surface area (Å²) in [6.45, 7) is 10.5. The number of aliphatic hydroxyl groups excluding tert-OH is 1. The van der Waals surface area contributed by atoms with Gasteiger partial charge in [-0.3, -0.25) is 4.79 Å². The molecule has 2 N–H and O–H groups in total. The predicted octanol–water partition coefficient (Wildman–Crippen LogP) is 4.53. The van der Waals surface area contributed by atoms with Crippen molar-refractivity contribution in [3.05, 3.63) is 47.1 Å². The lowest BCUT2D eigenvalue weighted by atomic mass is 9.71. The summed E-state index contributed by atoms with van der Waals surface area (Å²) in [4.78, 5) is 13.8. The van der Waals surface area contributed by atoms with Gasteiger partial charge in [0.2, 0.25) is 0 Å². The monoisotopic (exact) mass is 528 g/mol. The molecule has 5 rings (SSSR count). The van der Waals surface area contributed by atoms with Gasteiger partial charge in [-0.25, -0.2) is 0 Å². The molecule has 5 aliphatic rings. The summed E-state index contributed by atoms with van der Waals surface area (Å²) < 4.78 is 25.2. The minimum atomic E-state index is -1.68. The first-order valence-electron chi connectivity index (χ1n) is 14.3. The minimum absolute atomic E-state index is 0.0526. The summed E-state index contributed by atoms with van der Waals surface area (Å²) in [5.41, 5.74) is 0.783. The first-order chi connectivity index (χ1) is 18.0. The molecular weight excluding hydrogens is 484 g/mol. The van der Waals surface area contributed by atoms with Crippen LogP contribution >= 0.6 is 0 Å². The van der Waals surface area contributed by atoms with Gasteiger partial charge in [0.05, 0.1) is 18.8 Å². The van der Waals surface area contributed by atoms with E-state index in [0.29, 0.717) is 35.8 Å². The number of carbonyl (C=O) groups excluding carboxylic acids is 1. The molecular formula is C31H44O7. The lowest BCUT2D eigenvalue weighted by Crippen LogP contribution is -2.58. The van der Waals surface area contributed by atoms with Crippen molar-refractivity contribution in [1.82, 2.24) is 0 Å². The fraction of sp³-hybridized carbons (Fsp3) is 0.710. The highest BCUT2D eigenvalue weighted by atomic mass is 16.7. The number of ether oxygens (including phenoxy) is 4. The molecule has 0 unspecified atom stereocenters. The van der Waals surface area contributed by atoms with E-state index in [1.807, 2.05) is 12.2 Å². The highest BCUT2D eigenvalue weighted by molar-refractivity contribution is 5.78. The molecule has 0 amide bonds. The Hall–Kier alpha value is -1.77. The molecule has 210 valence electrons. The molecule has 0 aromatic heterocycles. The average Bonchev–Trinajstić information content (AvgIpc) is 3.19. The third kappa shape index (κ3) is 5.20. The first kappa shape index (κ1) is 27.8. The van der Waals surface area contributed by atoms with E-state index in [1.54, 1.807) is 13.0 Å². The molecule has 0 saturated carbocycles. The largest absolute Gasteiger partial charge is 0.462 e. The van der Waals surface area contributed by atoms with Crippen LogP contribution in [0.2, 0.25) is 0 Å². The second-order valence-corrected chi connectivity index (χ2v) is 12.4. The van der Waals surface area contributed by atoms with Gasteiger partial charge in [-0.1, -0.05) is 49.8 Å². The Morgan fingerprint density at radius 3 is 2.66 bits per heavy atom. The number of aliphatic hydroxyl groups is 2. The van der Waals surface area contributed by atoms with Gasteiger partial charge in [0.1, 0.15) is 29.8 Å². The summed E-state index contributed by atoms with van der Waals surface area (Å²) in [7, 11) is 0. The van der Waals surface area contributed by atoms with Crippen molar-refractivity contribution in [2.24, 2.45) is 17.8 Å². The van der Waals surface area contributed by atoms with E-state index < -0.39 is 41.6 Å². The number of carbonyl (C=O) groups is 1. The van der Waals surface area contributed by atoms with Crippen LogP contribution in [-0.4, -0.2) is 64.7 Å². The Balaban J connectivity index is 1.51. The molecule has 0 aromatic carbocycles. The molecule has 3 fully saturated rings. The van der Waals surface area contributed by atoms with Crippen LogP contribution in [0.15, 0.2) is 47.1 Å². The Morgan fingerprint density at radius 2 is 1.89 bits per heavy atom. The molecule has 10 atom stereocenters. The standard InChI is InChI=1S/C31H44O7/c1-18-7-6-8-23-17-35-28-27(32)21(4)14-26(31(23,28)34)29(33)36-25-15-24(10-9-19(2)13-18)38-30(16-25)12-11-20(3)22(5)37-30/h6-9,14,18,20,22,24-28,32,34H,10-13,15-17H2,1-5H3/b7-6?,19-9+,23-8+/t18-,20-,22+,24+,25-,26-,27+,28+,30-,31+/m0/s1. The highest BCUT2D eigenvalue weighted by Gasteiger charge is 2.60. The van der Waals surface area contributed by atoms with Crippen molar-refractivity contribution < 1.29 is 34.0 Å². The number of esters is 1. The zero-order valence-corrected chi connectivity index (χ0v) is 23.4. The fourth-order valence-corrected chi connectivity index (χ4v) is 6.85. The second kappa shape index (κ2) is 10.7. The normalized spacial score (nSPS) is 48.8. The zero-order chi connectivity index (χ0) is 27.2. The van der Waals surface area contributed by atoms with Crippen molar-refractivity contribution in [1.29, 1.82) is 0 Å². The second-order valence-electron chi connectivity index (χ2n) is 12.4. The van der Waals surface area contributed by atoms with Crippen molar-refractivity contribution >= 4 is 5.97 Å². The molecule has 2 bridgehead atoms. The van der Waals surface area contributed by atoms with Crippen LogP contribution in [0.5, 0.6) is 0 Å². The summed E-state index contributed by atoms with van der Waals surface area (Å²) in [6, 6.07) is 0. The van der Waals surface area contributed by atoms with Gasteiger partial charge in [0.15, 0.2) is 5.79 Å². The smallest absolute Gasteiger partial charge is 0.316 e. The Labute approximate surface area is 226 Å². The predicted molar refractivity (Wildman–Crippen MR) is 143 cm³/mol. The Kier molecular flexibility index (Phi) is 7.79. The first-order valence-corrected chi connectivity index (χ1v) is 14.3. The van der Waals surface area contributed by atoms with Gasteiger partial charge >= 0.3 is 5.97 Å². The quantitative estimate of drug-likeness (QED) is 0.352. The number of hydrogen-bond donors (Lipinski definition) is 2. The van der Waals surface area contributed by atoms with Crippen molar-refractivity contribution in [3.8, 4) is 0 Å². The summed E-state index contributed by atoms with van der Waals surface area (Å²) in [6.07, 6.45) is 11.8. The number of allylic oxidation sites excluding steroid dienone is 4. The van der Waals surface area contributed by atoms with E-state index in [9.17, 15) is 15.0 Å². The summed E-state index contributed by atoms with van der Waals surface area (Å²) in [5.74, 6) is -1.53.